The summed E-state index contributed by atoms with van der Waals surface area (Å²) in [7, 11) is 1.64. The Hall–Kier alpha value is -1.80. The summed E-state index contributed by atoms with van der Waals surface area (Å²) in [5.41, 5.74) is 0.916. The van der Waals surface area contributed by atoms with Crippen LogP contribution in [-0.2, 0) is 4.79 Å². The fourth-order valence-electron chi connectivity index (χ4n) is 2.63. The first-order valence-corrected chi connectivity index (χ1v) is 11.0. The summed E-state index contributed by atoms with van der Waals surface area (Å²) >= 11 is 2.89. The zero-order chi connectivity index (χ0) is 19.8. The molecule has 1 aromatic heterocycles. The topological polar surface area (TPSA) is 67.4 Å². The molecular weight excluding hydrogens is 380 g/mol. The summed E-state index contributed by atoms with van der Waals surface area (Å²) in [4.78, 5) is 14.7. The second-order valence-electron chi connectivity index (χ2n) is 6.33. The number of benzene rings is 1. The molecule has 0 saturated carbocycles. The Morgan fingerprint density at radius 2 is 1.81 bits per heavy atom. The van der Waals surface area contributed by atoms with Gasteiger partial charge in [-0.3, -0.25) is 4.79 Å². The van der Waals surface area contributed by atoms with Gasteiger partial charge in [0.25, 0.3) is 0 Å². The lowest BCUT2D eigenvalue weighted by Crippen LogP contribution is -2.45. The molecule has 1 aromatic carbocycles. The van der Waals surface area contributed by atoms with E-state index in [1.54, 1.807) is 7.11 Å². The quantitative estimate of drug-likeness (QED) is 0.569. The average Bonchev–Trinajstić information content (AvgIpc) is 3.14. The number of carbonyl (C=O) groups is 1. The third kappa shape index (κ3) is 6.10. The highest BCUT2D eigenvalue weighted by Crippen LogP contribution is 2.29. The zero-order valence-electron chi connectivity index (χ0n) is 16.6. The maximum atomic E-state index is 12.7. The number of hydrogen-bond acceptors (Lipinski definition) is 7. The molecule has 6 nitrogen and oxygen atoms in total. The van der Waals surface area contributed by atoms with Crippen molar-refractivity contribution in [3.8, 4) is 5.75 Å². The van der Waals surface area contributed by atoms with Crippen molar-refractivity contribution in [1.82, 2.24) is 15.1 Å². The van der Waals surface area contributed by atoms with Crippen LogP contribution in [0.15, 0.2) is 28.6 Å². The van der Waals surface area contributed by atoms with Crippen molar-refractivity contribution < 1.29 is 9.53 Å². The van der Waals surface area contributed by atoms with E-state index < -0.39 is 0 Å². The van der Waals surface area contributed by atoms with Crippen LogP contribution in [0.4, 0.5) is 10.8 Å². The number of hydrogen-bond donors (Lipinski definition) is 1. The smallest absolute Gasteiger partial charge is 0.233 e. The molecule has 2 atom stereocenters. The summed E-state index contributed by atoms with van der Waals surface area (Å²) in [6.45, 7) is 8.44. The van der Waals surface area contributed by atoms with E-state index in [9.17, 15) is 4.79 Å². The number of thioether (sulfide) groups is 1. The maximum Gasteiger partial charge on any atom is 0.233 e. The van der Waals surface area contributed by atoms with Gasteiger partial charge in [-0.2, -0.15) is 0 Å². The number of amides is 1. The molecule has 148 valence electrons. The molecular formula is C19H28N4O2S2. The summed E-state index contributed by atoms with van der Waals surface area (Å²) < 4.78 is 5.94. The number of carbonyl (C=O) groups excluding carboxylic acids is 1. The van der Waals surface area contributed by atoms with Crippen molar-refractivity contribution in [2.75, 3.05) is 18.2 Å². The van der Waals surface area contributed by atoms with Gasteiger partial charge in [-0.1, -0.05) is 36.9 Å². The first kappa shape index (κ1) is 21.5. The molecule has 0 bridgehead atoms. The Balaban J connectivity index is 1.93. The lowest BCUT2D eigenvalue weighted by atomic mass is 10.1. The molecule has 2 rings (SSSR count). The molecule has 0 unspecified atom stereocenters. The minimum Gasteiger partial charge on any atom is -0.497 e. The van der Waals surface area contributed by atoms with Crippen molar-refractivity contribution in [2.24, 2.45) is 0 Å². The highest BCUT2D eigenvalue weighted by Gasteiger charge is 2.23. The number of methoxy groups -OCH3 is 1. The second kappa shape index (κ2) is 10.5. The third-order valence-electron chi connectivity index (χ3n) is 4.49. The molecule has 1 heterocycles. The van der Waals surface area contributed by atoms with Crippen molar-refractivity contribution in [3.05, 3.63) is 24.3 Å². The fourth-order valence-corrected chi connectivity index (χ4v) is 4.28. The molecule has 0 radical (unpaired) electrons. The van der Waals surface area contributed by atoms with Crippen molar-refractivity contribution in [1.29, 1.82) is 0 Å². The molecule has 0 aliphatic rings. The van der Waals surface area contributed by atoms with Crippen LogP contribution in [0.1, 0.15) is 40.5 Å². The van der Waals surface area contributed by atoms with Crippen LogP contribution in [-0.4, -0.2) is 46.0 Å². The molecule has 2 aromatic rings. The van der Waals surface area contributed by atoms with Crippen LogP contribution >= 0.6 is 23.1 Å². The number of nitrogens with zero attached hydrogens (tertiary/aromatic N) is 3. The minimum atomic E-state index is 0.156. The molecule has 1 N–H and O–H groups in total. The highest BCUT2D eigenvalue weighted by atomic mass is 32.2. The van der Waals surface area contributed by atoms with Gasteiger partial charge in [-0.05, 0) is 51.0 Å². The maximum absolute atomic E-state index is 12.7. The van der Waals surface area contributed by atoms with Gasteiger partial charge in [0.1, 0.15) is 5.75 Å². The number of nitrogens with one attached hydrogen (secondary N) is 1. The van der Waals surface area contributed by atoms with E-state index in [4.69, 9.17) is 4.74 Å². The second-order valence-corrected chi connectivity index (χ2v) is 8.53. The van der Waals surface area contributed by atoms with E-state index >= 15 is 0 Å². The van der Waals surface area contributed by atoms with Crippen molar-refractivity contribution >= 4 is 39.8 Å². The van der Waals surface area contributed by atoms with Crippen LogP contribution in [0, 0.1) is 0 Å². The van der Waals surface area contributed by atoms with Crippen LogP contribution in [0.5, 0.6) is 5.75 Å². The lowest BCUT2D eigenvalue weighted by molar-refractivity contribution is -0.132. The molecule has 0 fully saturated rings. The van der Waals surface area contributed by atoms with Gasteiger partial charge in [0.15, 0.2) is 4.34 Å². The van der Waals surface area contributed by atoms with Crippen LogP contribution < -0.4 is 10.1 Å². The van der Waals surface area contributed by atoms with Gasteiger partial charge in [0.05, 0.1) is 12.9 Å². The van der Waals surface area contributed by atoms with Gasteiger partial charge >= 0.3 is 0 Å². The summed E-state index contributed by atoms with van der Waals surface area (Å²) in [5.74, 6) is 1.34. The molecule has 8 heteroatoms. The largest absolute Gasteiger partial charge is 0.497 e. The van der Waals surface area contributed by atoms with Crippen LogP contribution in [0.2, 0.25) is 0 Å². The summed E-state index contributed by atoms with van der Waals surface area (Å²) in [6.07, 6.45) is 1.91. The average molecular weight is 409 g/mol. The third-order valence-corrected chi connectivity index (χ3v) is 6.44. The van der Waals surface area contributed by atoms with Gasteiger partial charge in [0, 0.05) is 17.8 Å². The molecule has 0 spiro atoms. The standard InChI is InChI=1S/C19H28N4O2S2/c1-6-13(3)23(14(4)7-2)17(24)12-26-19-22-21-18(27-19)20-15-8-10-16(25-5)11-9-15/h8-11,13-14H,6-7,12H2,1-5H3,(H,20,21)/t13-,14-/m1/s1. The van der Waals surface area contributed by atoms with Crippen molar-refractivity contribution in [2.45, 2.75) is 57.0 Å². The number of anilines is 2. The number of aromatic nitrogens is 2. The molecule has 27 heavy (non-hydrogen) atoms. The monoisotopic (exact) mass is 408 g/mol. The predicted molar refractivity (Wildman–Crippen MR) is 113 cm³/mol. The van der Waals surface area contributed by atoms with Crippen LogP contribution in [0.25, 0.3) is 0 Å². The fraction of sp³-hybridized carbons (Fsp3) is 0.526. The van der Waals surface area contributed by atoms with E-state index in [1.807, 2.05) is 29.2 Å². The Morgan fingerprint density at radius 1 is 1.19 bits per heavy atom. The van der Waals surface area contributed by atoms with Gasteiger partial charge < -0.3 is 15.0 Å². The Labute approximate surface area is 169 Å². The Morgan fingerprint density at radius 3 is 2.37 bits per heavy atom. The number of ether oxygens (including phenoxy) is 1. The first-order chi connectivity index (χ1) is 13.0. The van der Waals surface area contributed by atoms with Gasteiger partial charge in [0.2, 0.25) is 11.0 Å². The van der Waals surface area contributed by atoms with E-state index in [2.05, 4.69) is 43.2 Å². The first-order valence-electron chi connectivity index (χ1n) is 9.17. The van der Waals surface area contributed by atoms with E-state index in [0.29, 0.717) is 10.9 Å². The normalized spacial score (nSPS) is 13.1. The van der Waals surface area contributed by atoms with E-state index in [1.165, 1.54) is 23.1 Å². The summed E-state index contributed by atoms with van der Waals surface area (Å²) in [5, 5.41) is 12.3. The molecule has 0 saturated heterocycles. The van der Waals surface area contributed by atoms with Gasteiger partial charge in [-0.25, -0.2) is 0 Å². The Kier molecular flexibility index (Phi) is 8.37. The van der Waals surface area contributed by atoms with Crippen LogP contribution in [0.3, 0.4) is 0 Å². The highest BCUT2D eigenvalue weighted by molar-refractivity contribution is 8.01. The molecule has 1 amide bonds. The number of rotatable bonds is 10. The lowest BCUT2D eigenvalue weighted by Gasteiger charge is -2.33. The van der Waals surface area contributed by atoms with Crippen molar-refractivity contribution in [3.63, 3.8) is 0 Å². The molecule has 0 aliphatic heterocycles. The Bertz CT molecular complexity index is 711. The predicted octanol–water partition coefficient (Wildman–Crippen LogP) is 4.81. The van der Waals surface area contributed by atoms with E-state index in [0.717, 1.165) is 28.6 Å². The minimum absolute atomic E-state index is 0.156. The van der Waals surface area contributed by atoms with Gasteiger partial charge in [-0.15, -0.1) is 10.2 Å². The summed E-state index contributed by atoms with van der Waals surface area (Å²) in [6, 6.07) is 8.11. The van der Waals surface area contributed by atoms with E-state index in [-0.39, 0.29) is 18.0 Å². The SMILES string of the molecule is CC[C@@H](C)N(C(=O)CSc1nnc(Nc2ccc(OC)cc2)s1)[C@H](C)CC. The zero-order valence-corrected chi connectivity index (χ0v) is 18.2. The molecule has 0 aliphatic carbocycles.